The van der Waals surface area contributed by atoms with Gasteiger partial charge in [-0.2, -0.15) is 17.0 Å². The average Bonchev–Trinajstić information content (AvgIpc) is 2.62. The van der Waals surface area contributed by atoms with Gasteiger partial charge >= 0.3 is 0 Å². The van der Waals surface area contributed by atoms with E-state index in [2.05, 4.69) is 4.98 Å². The van der Waals surface area contributed by atoms with Gasteiger partial charge in [0.05, 0.1) is 12.1 Å². The molecule has 0 spiro atoms. The number of methoxy groups -OCH3 is 1. The van der Waals surface area contributed by atoms with Gasteiger partial charge in [0.1, 0.15) is 0 Å². The summed E-state index contributed by atoms with van der Waals surface area (Å²) in [4.78, 5) is 4.41. The van der Waals surface area contributed by atoms with Crippen molar-refractivity contribution in [3.8, 4) is 0 Å². The third-order valence-corrected chi connectivity index (χ3v) is 6.56. The van der Waals surface area contributed by atoms with Gasteiger partial charge in [0.2, 0.25) is 0 Å². The monoisotopic (exact) mass is 363 g/mol. The van der Waals surface area contributed by atoms with Crippen LogP contribution in [0.15, 0.2) is 36.5 Å². The number of nitrogens with zero attached hydrogens (tertiary/aromatic N) is 3. The fourth-order valence-electron chi connectivity index (χ4n) is 3.35. The number of pyridine rings is 1. The topological polar surface area (TPSA) is 62.7 Å². The molecule has 0 saturated carbocycles. The van der Waals surface area contributed by atoms with Crippen molar-refractivity contribution in [2.75, 3.05) is 33.9 Å². The van der Waals surface area contributed by atoms with Crippen LogP contribution in [-0.2, 0) is 21.5 Å². The Labute approximate surface area is 149 Å². The Morgan fingerprint density at radius 2 is 2.16 bits per heavy atom. The van der Waals surface area contributed by atoms with Crippen molar-refractivity contribution in [2.24, 2.45) is 5.92 Å². The zero-order valence-electron chi connectivity index (χ0n) is 14.8. The molecule has 1 aromatic heterocycles. The van der Waals surface area contributed by atoms with Crippen LogP contribution < -0.4 is 0 Å². The number of para-hydroxylation sites is 1. The van der Waals surface area contributed by atoms with Crippen LogP contribution in [0.25, 0.3) is 10.9 Å². The number of rotatable bonds is 6. The summed E-state index contributed by atoms with van der Waals surface area (Å²) in [5.74, 6) is 0.268. The normalized spacial score (nSPS) is 19.6. The highest BCUT2D eigenvalue weighted by Crippen LogP contribution is 2.22. The average molecular weight is 363 g/mol. The molecule has 7 heteroatoms. The summed E-state index contributed by atoms with van der Waals surface area (Å²) >= 11 is 0. The smallest absolute Gasteiger partial charge is 0.282 e. The van der Waals surface area contributed by atoms with Crippen molar-refractivity contribution in [3.05, 3.63) is 42.1 Å². The Bertz CT molecular complexity index is 823. The first kappa shape index (κ1) is 18.3. The number of aromatic nitrogens is 1. The Morgan fingerprint density at radius 3 is 2.96 bits per heavy atom. The molecule has 1 fully saturated rings. The maximum absolute atomic E-state index is 12.9. The zero-order chi connectivity index (χ0) is 17.9. The Morgan fingerprint density at radius 1 is 1.36 bits per heavy atom. The molecule has 0 radical (unpaired) electrons. The molecule has 0 aliphatic carbocycles. The summed E-state index contributed by atoms with van der Waals surface area (Å²) in [6.07, 6.45) is 3.63. The van der Waals surface area contributed by atoms with Crippen LogP contribution in [0.2, 0.25) is 0 Å². The van der Waals surface area contributed by atoms with E-state index in [1.165, 1.54) is 4.31 Å². The van der Waals surface area contributed by atoms with Crippen LogP contribution in [0.3, 0.4) is 0 Å². The van der Waals surface area contributed by atoms with Crippen LogP contribution in [0, 0.1) is 5.92 Å². The van der Waals surface area contributed by atoms with E-state index in [1.54, 1.807) is 24.7 Å². The van der Waals surface area contributed by atoms with Gasteiger partial charge in [0.15, 0.2) is 0 Å². The number of benzene rings is 1. The Kier molecular flexibility index (Phi) is 5.68. The van der Waals surface area contributed by atoms with E-state index >= 15 is 0 Å². The maximum atomic E-state index is 12.9. The number of hydrogen-bond donors (Lipinski definition) is 0. The van der Waals surface area contributed by atoms with E-state index in [9.17, 15) is 8.42 Å². The van der Waals surface area contributed by atoms with Crippen LogP contribution in [0.4, 0.5) is 0 Å². The molecule has 1 atom stereocenters. The van der Waals surface area contributed by atoms with Crippen molar-refractivity contribution in [1.82, 2.24) is 13.6 Å². The third-order valence-electron chi connectivity index (χ3n) is 4.66. The standard InChI is InChI=1S/C18H25N3O3S/c1-20(12-16-10-17-7-3-4-8-18(17)19-11-16)25(22,23)21-9-5-6-15(13-21)14-24-2/h3-4,7-8,10-11,15H,5-6,9,12-14H2,1-2H3. The predicted octanol–water partition coefficient (Wildman–Crippen LogP) is 2.27. The summed E-state index contributed by atoms with van der Waals surface area (Å²) in [7, 11) is -0.193. The molecule has 25 heavy (non-hydrogen) atoms. The predicted molar refractivity (Wildman–Crippen MR) is 98.3 cm³/mol. The van der Waals surface area contributed by atoms with Crippen molar-refractivity contribution < 1.29 is 13.2 Å². The first-order valence-corrected chi connectivity index (χ1v) is 9.94. The zero-order valence-corrected chi connectivity index (χ0v) is 15.6. The lowest BCUT2D eigenvalue weighted by Gasteiger charge is -2.34. The van der Waals surface area contributed by atoms with Crippen LogP contribution in [0.1, 0.15) is 18.4 Å². The SMILES string of the molecule is COCC1CCCN(S(=O)(=O)N(C)Cc2cnc3ccccc3c2)C1. The summed E-state index contributed by atoms with van der Waals surface area (Å²) in [6, 6.07) is 9.83. The molecular formula is C18H25N3O3S. The fraction of sp³-hybridized carbons (Fsp3) is 0.500. The van der Waals surface area contributed by atoms with Gasteiger partial charge in [-0.1, -0.05) is 18.2 Å². The summed E-state index contributed by atoms with van der Waals surface area (Å²) in [5, 5.41) is 1.02. The highest BCUT2D eigenvalue weighted by atomic mass is 32.2. The van der Waals surface area contributed by atoms with Crippen molar-refractivity contribution >= 4 is 21.1 Å². The Hall–Kier alpha value is -1.54. The number of fused-ring (bicyclic) bond motifs is 1. The quantitative estimate of drug-likeness (QED) is 0.790. The maximum Gasteiger partial charge on any atom is 0.282 e. The van der Waals surface area contributed by atoms with E-state index in [0.717, 1.165) is 29.3 Å². The molecule has 1 saturated heterocycles. The molecule has 1 aromatic carbocycles. The van der Waals surface area contributed by atoms with E-state index in [-0.39, 0.29) is 5.92 Å². The largest absolute Gasteiger partial charge is 0.384 e. The summed E-state index contributed by atoms with van der Waals surface area (Å²) in [6.45, 7) is 2.01. The van der Waals surface area contributed by atoms with Gasteiger partial charge in [-0.05, 0) is 36.5 Å². The van der Waals surface area contributed by atoms with Crippen LogP contribution in [0.5, 0.6) is 0 Å². The molecule has 2 heterocycles. The van der Waals surface area contributed by atoms with E-state index in [0.29, 0.717) is 26.2 Å². The minimum absolute atomic E-state index is 0.268. The van der Waals surface area contributed by atoms with Gasteiger partial charge in [-0.15, -0.1) is 0 Å². The van der Waals surface area contributed by atoms with Crippen molar-refractivity contribution in [2.45, 2.75) is 19.4 Å². The molecule has 0 bridgehead atoms. The molecule has 2 aromatic rings. The molecule has 0 amide bonds. The van der Waals surface area contributed by atoms with E-state index < -0.39 is 10.2 Å². The van der Waals surface area contributed by atoms with Gasteiger partial charge in [0.25, 0.3) is 10.2 Å². The minimum Gasteiger partial charge on any atom is -0.384 e. The summed E-state index contributed by atoms with van der Waals surface area (Å²) < 4.78 is 34.0. The molecule has 1 aliphatic heterocycles. The highest BCUT2D eigenvalue weighted by molar-refractivity contribution is 7.86. The number of piperidine rings is 1. The molecule has 136 valence electrons. The van der Waals surface area contributed by atoms with Gasteiger partial charge in [-0.3, -0.25) is 4.98 Å². The minimum atomic E-state index is -3.48. The first-order chi connectivity index (χ1) is 12.0. The van der Waals surface area contributed by atoms with E-state index in [4.69, 9.17) is 4.74 Å². The lowest BCUT2D eigenvalue weighted by Crippen LogP contribution is -2.47. The van der Waals surface area contributed by atoms with E-state index in [1.807, 2.05) is 30.3 Å². The molecular weight excluding hydrogens is 338 g/mol. The lowest BCUT2D eigenvalue weighted by atomic mass is 10.0. The molecule has 1 unspecified atom stereocenters. The Balaban J connectivity index is 1.72. The molecule has 0 N–H and O–H groups in total. The summed E-state index contributed by atoms with van der Waals surface area (Å²) in [5.41, 5.74) is 1.80. The molecule has 1 aliphatic rings. The second-order valence-electron chi connectivity index (χ2n) is 6.62. The third kappa shape index (κ3) is 4.17. The molecule has 3 rings (SSSR count). The number of ether oxygens (including phenoxy) is 1. The molecule has 6 nitrogen and oxygen atoms in total. The van der Waals surface area contributed by atoms with Crippen LogP contribution >= 0.6 is 0 Å². The van der Waals surface area contributed by atoms with Gasteiger partial charge in [-0.25, -0.2) is 0 Å². The van der Waals surface area contributed by atoms with Crippen LogP contribution in [-0.4, -0.2) is 55.9 Å². The second kappa shape index (κ2) is 7.78. The van der Waals surface area contributed by atoms with Crippen molar-refractivity contribution in [3.63, 3.8) is 0 Å². The lowest BCUT2D eigenvalue weighted by molar-refractivity contribution is 0.116. The fourth-order valence-corrected chi connectivity index (χ4v) is 4.81. The second-order valence-corrected chi connectivity index (χ2v) is 8.66. The first-order valence-electron chi connectivity index (χ1n) is 8.54. The van der Waals surface area contributed by atoms with Gasteiger partial charge in [0, 0.05) is 45.4 Å². The highest BCUT2D eigenvalue weighted by Gasteiger charge is 2.31. The van der Waals surface area contributed by atoms with Crippen molar-refractivity contribution in [1.29, 1.82) is 0 Å². The number of hydrogen-bond acceptors (Lipinski definition) is 4. The van der Waals surface area contributed by atoms with Gasteiger partial charge < -0.3 is 4.74 Å².